The van der Waals surface area contributed by atoms with E-state index in [9.17, 15) is 9.59 Å². The predicted molar refractivity (Wildman–Crippen MR) is 126 cm³/mol. The molecule has 0 spiro atoms. The van der Waals surface area contributed by atoms with Gasteiger partial charge in [-0.15, -0.1) is 0 Å². The van der Waals surface area contributed by atoms with Gasteiger partial charge in [-0.1, -0.05) is 6.07 Å². The number of carbonyl (C=O) groups is 2. The molecule has 0 saturated heterocycles. The standard InChI is InChI=1S/C24H28BrN3O3/c1-14-4-10-20(25)22-19(14)13-28(24(30)27-22)18-8-5-16(6-9-18)23(29)26-17-7-11-21(31-3)15(2)12-17/h4,7,10-12,16,18H,5-6,8-9,13H2,1-3H3,(H,26,29)(H,27,30). The SMILES string of the molecule is COc1ccc(NC(=O)C2CCC(N3Cc4c(C)ccc(Br)c4NC3=O)CC2)cc1C. The fourth-order valence-electron chi connectivity index (χ4n) is 4.63. The van der Waals surface area contributed by atoms with E-state index in [0.29, 0.717) is 6.54 Å². The predicted octanol–water partition coefficient (Wildman–Crippen LogP) is 5.62. The molecule has 0 aromatic heterocycles. The van der Waals surface area contributed by atoms with Gasteiger partial charge in [0.1, 0.15) is 5.75 Å². The van der Waals surface area contributed by atoms with Crippen LogP contribution in [0.2, 0.25) is 0 Å². The van der Waals surface area contributed by atoms with Crippen LogP contribution >= 0.6 is 15.9 Å². The van der Waals surface area contributed by atoms with E-state index in [2.05, 4.69) is 39.6 Å². The smallest absolute Gasteiger partial charge is 0.322 e. The Morgan fingerprint density at radius 2 is 1.87 bits per heavy atom. The second-order valence-electron chi connectivity index (χ2n) is 8.45. The van der Waals surface area contributed by atoms with Crippen LogP contribution < -0.4 is 15.4 Å². The van der Waals surface area contributed by atoms with Gasteiger partial charge in [0.05, 0.1) is 19.3 Å². The minimum atomic E-state index is -0.0552. The lowest BCUT2D eigenvalue weighted by atomic mass is 9.84. The maximum absolute atomic E-state index is 12.8. The Morgan fingerprint density at radius 3 is 2.55 bits per heavy atom. The minimum absolute atomic E-state index is 0.0327. The third-order valence-electron chi connectivity index (χ3n) is 6.49. The minimum Gasteiger partial charge on any atom is -0.496 e. The average molecular weight is 486 g/mol. The highest BCUT2D eigenvalue weighted by Crippen LogP contribution is 2.37. The summed E-state index contributed by atoms with van der Waals surface area (Å²) in [5.74, 6) is 0.827. The number of amides is 3. The topological polar surface area (TPSA) is 70.7 Å². The van der Waals surface area contributed by atoms with Crippen LogP contribution in [0.15, 0.2) is 34.8 Å². The highest BCUT2D eigenvalue weighted by atomic mass is 79.9. The Bertz CT molecular complexity index is 1020. The van der Waals surface area contributed by atoms with E-state index in [4.69, 9.17) is 4.74 Å². The van der Waals surface area contributed by atoms with Gasteiger partial charge in [-0.05, 0) is 96.4 Å². The van der Waals surface area contributed by atoms with Gasteiger partial charge in [-0.2, -0.15) is 0 Å². The van der Waals surface area contributed by atoms with Crippen LogP contribution in [0, 0.1) is 19.8 Å². The van der Waals surface area contributed by atoms with E-state index in [-0.39, 0.29) is 23.9 Å². The monoisotopic (exact) mass is 485 g/mol. The Kier molecular flexibility index (Phi) is 6.23. The summed E-state index contributed by atoms with van der Waals surface area (Å²) in [4.78, 5) is 27.5. The summed E-state index contributed by atoms with van der Waals surface area (Å²) in [5.41, 5.74) is 4.99. The summed E-state index contributed by atoms with van der Waals surface area (Å²) < 4.78 is 6.19. The number of anilines is 2. The summed E-state index contributed by atoms with van der Waals surface area (Å²) in [6.07, 6.45) is 3.21. The van der Waals surface area contributed by atoms with Crippen molar-refractivity contribution < 1.29 is 14.3 Å². The first-order chi connectivity index (χ1) is 14.9. The zero-order valence-electron chi connectivity index (χ0n) is 18.1. The van der Waals surface area contributed by atoms with Gasteiger partial charge in [-0.3, -0.25) is 4.79 Å². The van der Waals surface area contributed by atoms with Gasteiger partial charge in [-0.25, -0.2) is 4.79 Å². The number of hydrogen-bond acceptors (Lipinski definition) is 3. The van der Waals surface area contributed by atoms with Crippen molar-refractivity contribution in [1.82, 2.24) is 4.90 Å². The van der Waals surface area contributed by atoms with Crippen molar-refractivity contribution >= 4 is 39.2 Å². The van der Waals surface area contributed by atoms with E-state index in [0.717, 1.165) is 58.4 Å². The Labute approximate surface area is 191 Å². The number of hydrogen-bond donors (Lipinski definition) is 2. The molecule has 1 heterocycles. The van der Waals surface area contributed by atoms with Crippen molar-refractivity contribution in [3.8, 4) is 5.75 Å². The number of nitrogens with one attached hydrogen (secondary N) is 2. The van der Waals surface area contributed by atoms with Crippen molar-refractivity contribution in [2.45, 2.75) is 52.1 Å². The lowest BCUT2D eigenvalue weighted by molar-refractivity contribution is -0.121. The summed E-state index contributed by atoms with van der Waals surface area (Å²) >= 11 is 3.54. The molecule has 0 bridgehead atoms. The van der Waals surface area contributed by atoms with Crippen LogP contribution in [0.5, 0.6) is 5.75 Å². The number of fused-ring (bicyclic) bond motifs is 1. The summed E-state index contributed by atoms with van der Waals surface area (Å²) in [7, 11) is 1.64. The second-order valence-corrected chi connectivity index (χ2v) is 9.31. The van der Waals surface area contributed by atoms with Crippen molar-refractivity contribution in [2.24, 2.45) is 5.92 Å². The highest BCUT2D eigenvalue weighted by molar-refractivity contribution is 9.10. The molecule has 1 aliphatic heterocycles. The van der Waals surface area contributed by atoms with E-state index in [1.807, 2.05) is 36.1 Å². The lowest BCUT2D eigenvalue weighted by Gasteiger charge is -2.39. The number of halogens is 1. The Morgan fingerprint density at radius 1 is 1.13 bits per heavy atom. The van der Waals surface area contributed by atoms with E-state index in [1.165, 1.54) is 5.56 Å². The number of aryl methyl sites for hydroxylation is 2. The van der Waals surface area contributed by atoms with Crippen LogP contribution in [0.3, 0.4) is 0 Å². The normalized spacial score (nSPS) is 20.6. The molecule has 1 aliphatic carbocycles. The van der Waals surface area contributed by atoms with Crippen molar-refractivity contribution in [1.29, 1.82) is 0 Å². The fourth-order valence-corrected chi connectivity index (χ4v) is 5.10. The molecule has 2 aliphatic rings. The average Bonchev–Trinajstić information content (AvgIpc) is 2.76. The van der Waals surface area contributed by atoms with Crippen molar-refractivity contribution in [3.05, 3.63) is 51.5 Å². The first-order valence-electron chi connectivity index (χ1n) is 10.7. The molecule has 0 unspecified atom stereocenters. The van der Waals surface area contributed by atoms with Crippen LogP contribution in [-0.2, 0) is 11.3 Å². The maximum Gasteiger partial charge on any atom is 0.322 e. The number of nitrogens with zero attached hydrogens (tertiary/aromatic N) is 1. The third-order valence-corrected chi connectivity index (χ3v) is 7.15. The van der Waals surface area contributed by atoms with E-state index in [1.54, 1.807) is 7.11 Å². The van der Waals surface area contributed by atoms with Crippen molar-refractivity contribution in [2.75, 3.05) is 17.7 Å². The van der Waals surface area contributed by atoms with Crippen LogP contribution in [0.25, 0.3) is 0 Å². The molecule has 31 heavy (non-hydrogen) atoms. The van der Waals surface area contributed by atoms with Gasteiger partial charge >= 0.3 is 6.03 Å². The molecular formula is C24H28BrN3O3. The summed E-state index contributed by atoms with van der Waals surface area (Å²) in [6, 6.07) is 9.80. The zero-order valence-corrected chi connectivity index (χ0v) is 19.7. The summed E-state index contributed by atoms with van der Waals surface area (Å²) in [6.45, 7) is 4.64. The summed E-state index contributed by atoms with van der Waals surface area (Å²) in [5, 5.41) is 6.09. The Hall–Kier alpha value is -2.54. The van der Waals surface area contributed by atoms with E-state index >= 15 is 0 Å². The molecule has 2 aromatic rings. The van der Waals surface area contributed by atoms with Gasteiger partial charge in [0.25, 0.3) is 0 Å². The molecular weight excluding hydrogens is 458 g/mol. The first kappa shape index (κ1) is 21.7. The van der Waals surface area contributed by atoms with Crippen LogP contribution in [0.1, 0.15) is 42.4 Å². The molecule has 164 valence electrons. The van der Waals surface area contributed by atoms with Gasteiger partial charge in [0, 0.05) is 22.1 Å². The maximum atomic E-state index is 12.8. The number of carbonyl (C=O) groups excluding carboxylic acids is 2. The van der Waals surface area contributed by atoms with Gasteiger partial charge in [0.2, 0.25) is 5.91 Å². The quantitative estimate of drug-likeness (QED) is 0.590. The zero-order chi connectivity index (χ0) is 22.1. The van der Waals surface area contributed by atoms with Gasteiger partial charge in [0.15, 0.2) is 0 Å². The third kappa shape index (κ3) is 4.42. The van der Waals surface area contributed by atoms with E-state index < -0.39 is 0 Å². The molecule has 6 nitrogen and oxygen atoms in total. The number of ether oxygens (including phenoxy) is 1. The molecule has 4 rings (SSSR count). The molecule has 3 amide bonds. The molecule has 1 saturated carbocycles. The van der Waals surface area contributed by atoms with Gasteiger partial charge < -0.3 is 20.3 Å². The number of benzene rings is 2. The molecule has 0 radical (unpaired) electrons. The molecule has 0 atom stereocenters. The van der Waals surface area contributed by atoms with Crippen molar-refractivity contribution in [3.63, 3.8) is 0 Å². The highest BCUT2D eigenvalue weighted by Gasteiger charge is 2.35. The van der Waals surface area contributed by atoms with Crippen LogP contribution in [0.4, 0.5) is 16.2 Å². The lowest BCUT2D eigenvalue weighted by Crippen LogP contribution is -2.47. The Balaban J connectivity index is 1.37. The number of rotatable bonds is 4. The molecule has 2 aromatic carbocycles. The molecule has 2 N–H and O–H groups in total. The number of urea groups is 1. The number of methoxy groups -OCH3 is 1. The molecule has 7 heteroatoms. The largest absolute Gasteiger partial charge is 0.496 e. The fraction of sp³-hybridized carbons (Fsp3) is 0.417. The molecule has 1 fully saturated rings. The first-order valence-corrected chi connectivity index (χ1v) is 11.5. The second kappa shape index (κ2) is 8.91. The van der Waals surface area contributed by atoms with Crippen LogP contribution in [-0.4, -0.2) is 30.0 Å².